The maximum atomic E-state index is 12.1. The lowest BCUT2D eigenvalue weighted by atomic mass is 10.2. The smallest absolute Gasteiger partial charge is 0.240 e. The minimum Gasteiger partial charge on any atom is -0.496 e. The lowest BCUT2D eigenvalue weighted by Crippen LogP contribution is -2.27. The van der Waals surface area contributed by atoms with Crippen molar-refractivity contribution >= 4 is 10.0 Å². The lowest BCUT2D eigenvalue weighted by molar-refractivity contribution is 0.273. The molecule has 0 spiro atoms. The number of sulfonamides is 1. The fourth-order valence-electron chi connectivity index (χ4n) is 1.78. The summed E-state index contributed by atoms with van der Waals surface area (Å²) in [4.78, 5) is 0.0749. The number of rotatable bonds is 7. The summed E-state index contributed by atoms with van der Waals surface area (Å²) in [5, 5.41) is 16.6. The zero-order valence-corrected chi connectivity index (χ0v) is 12.2. The molecule has 1 aromatic carbocycles. The first-order valence-corrected chi connectivity index (χ1v) is 7.66. The van der Waals surface area contributed by atoms with Crippen molar-refractivity contribution in [3.63, 3.8) is 0 Å². The first-order valence-electron chi connectivity index (χ1n) is 6.18. The minimum absolute atomic E-state index is 0.0749. The van der Waals surface area contributed by atoms with E-state index in [4.69, 9.17) is 4.74 Å². The minimum atomic E-state index is -3.65. The highest BCUT2D eigenvalue weighted by atomic mass is 32.2. The van der Waals surface area contributed by atoms with Crippen molar-refractivity contribution in [1.29, 1.82) is 0 Å². The molecule has 0 bridgehead atoms. The highest BCUT2D eigenvalue weighted by Gasteiger charge is 2.15. The van der Waals surface area contributed by atoms with Crippen LogP contribution in [-0.4, -0.2) is 42.2 Å². The summed E-state index contributed by atoms with van der Waals surface area (Å²) in [5.41, 5.74) is 0.414. The van der Waals surface area contributed by atoms with Crippen LogP contribution in [-0.2, 0) is 23.2 Å². The molecular formula is C12H16N4O4S. The Balaban J connectivity index is 2.08. The number of hydrogen-bond donors (Lipinski definition) is 2. The van der Waals surface area contributed by atoms with Gasteiger partial charge in [-0.15, -0.1) is 5.10 Å². The fourth-order valence-corrected chi connectivity index (χ4v) is 2.85. The molecular weight excluding hydrogens is 296 g/mol. The molecule has 0 saturated carbocycles. The molecule has 1 heterocycles. The van der Waals surface area contributed by atoms with Gasteiger partial charge in [-0.3, -0.25) is 4.68 Å². The SMILES string of the molecule is COc1ccc(S(=O)(=O)NCCn2ccnn2)cc1CO. The van der Waals surface area contributed by atoms with E-state index in [9.17, 15) is 13.5 Å². The van der Waals surface area contributed by atoms with Gasteiger partial charge in [0.05, 0.1) is 31.4 Å². The van der Waals surface area contributed by atoms with Gasteiger partial charge in [-0.2, -0.15) is 0 Å². The van der Waals surface area contributed by atoms with Crippen LogP contribution in [0.3, 0.4) is 0 Å². The summed E-state index contributed by atoms with van der Waals surface area (Å²) in [6.07, 6.45) is 3.16. The summed E-state index contributed by atoms with van der Waals surface area (Å²) in [5.74, 6) is 0.444. The van der Waals surface area contributed by atoms with Gasteiger partial charge < -0.3 is 9.84 Å². The number of nitrogens with one attached hydrogen (secondary N) is 1. The molecule has 2 rings (SSSR count). The van der Waals surface area contributed by atoms with E-state index in [0.29, 0.717) is 17.9 Å². The quantitative estimate of drug-likeness (QED) is 0.730. The molecule has 8 nitrogen and oxygen atoms in total. The Labute approximate surface area is 122 Å². The van der Waals surface area contributed by atoms with E-state index in [0.717, 1.165) is 0 Å². The molecule has 2 aromatic rings. The number of aliphatic hydroxyl groups is 1. The molecule has 0 fully saturated rings. The van der Waals surface area contributed by atoms with Gasteiger partial charge in [-0.05, 0) is 18.2 Å². The number of methoxy groups -OCH3 is 1. The molecule has 0 aliphatic heterocycles. The maximum Gasteiger partial charge on any atom is 0.240 e. The molecule has 0 atom stereocenters. The average molecular weight is 312 g/mol. The zero-order valence-electron chi connectivity index (χ0n) is 11.4. The summed E-state index contributed by atoms with van der Waals surface area (Å²) in [6, 6.07) is 4.32. The Kier molecular flexibility index (Phi) is 4.89. The number of benzene rings is 1. The summed E-state index contributed by atoms with van der Waals surface area (Å²) in [6.45, 7) is 0.264. The number of hydrogen-bond acceptors (Lipinski definition) is 6. The van der Waals surface area contributed by atoms with Gasteiger partial charge in [0.25, 0.3) is 0 Å². The van der Waals surface area contributed by atoms with Gasteiger partial charge in [0.1, 0.15) is 5.75 Å². The van der Waals surface area contributed by atoms with Crippen molar-refractivity contribution in [2.75, 3.05) is 13.7 Å². The second-order valence-corrected chi connectivity index (χ2v) is 5.96. The first-order chi connectivity index (χ1) is 10.1. The van der Waals surface area contributed by atoms with Crippen LogP contribution < -0.4 is 9.46 Å². The molecule has 0 saturated heterocycles. The highest BCUT2D eigenvalue weighted by Crippen LogP contribution is 2.22. The second kappa shape index (κ2) is 6.66. The molecule has 21 heavy (non-hydrogen) atoms. The van der Waals surface area contributed by atoms with E-state index in [2.05, 4.69) is 15.0 Å². The standard InChI is InChI=1S/C12H16N4O4S/c1-20-12-3-2-11(8-10(12)9-17)21(18,19)14-5-7-16-6-4-13-15-16/h2-4,6,8,14,17H,5,7,9H2,1H3. The third-order valence-corrected chi connectivity index (χ3v) is 4.30. The monoisotopic (exact) mass is 312 g/mol. The molecule has 1 aromatic heterocycles. The van der Waals surface area contributed by atoms with Crippen molar-refractivity contribution < 1.29 is 18.3 Å². The Hall–Kier alpha value is -1.97. The average Bonchev–Trinajstić information content (AvgIpc) is 2.99. The molecule has 0 aliphatic rings. The van der Waals surface area contributed by atoms with Gasteiger partial charge in [0.2, 0.25) is 10.0 Å². The van der Waals surface area contributed by atoms with Crippen molar-refractivity contribution in [2.45, 2.75) is 18.0 Å². The Morgan fingerprint density at radius 2 is 2.24 bits per heavy atom. The van der Waals surface area contributed by atoms with Gasteiger partial charge in [0, 0.05) is 18.3 Å². The highest BCUT2D eigenvalue weighted by molar-refractivity contribution is 7.89. The molecule has 114 valence electrons. The number of nitrogens with zero attached hydrogens (tertiary/aromatic N) is 3. The molecule has 0 radical (unpaired) electrons. The summed E-state index contributed by atoms with van der Waals surface area (Å²) < 4.78 is 33.3. The number of aliphatic hydroxyl groups excluding tert-OH is 1. The van der Waals surface area contributed by atoms with Crippen LogP contribution in [0.1, 0.15) is 5.56 Å². The lowest BCUT2D eigenvalue weighted by Gasteiger charge is -2.10. The van der Waals surface area contributed by atoms with Crippen LogP contribution in [0.4, 0.5) is 0 Å². The van der Waals surface area contributed by atoms with E-state index >= 15 is 0 Å². The van der Waals surface area contributed by atoms with Crippen molar-refractivity contribution in [3.05, 3.63) is 36.2 Å². The zero-order chi connectivity index (χ0) is 15.3. The van der Waals surface area contributed by atoms with Crippen molar-refractivity contribution in [1.82, 2.24) is 19.7 Å². The fraction of sp³-hybridized carbons (Fsp3) is 0.333. The van der Waals surface area contributed by atoms with E-state index in [1.54, 1.807) is 6.20 Å². The third-order valence-electron chi connectivity index (χ3n) is 2.84. The second-order valence-electron chi connectivity index (χ2n) is 4.20. The summed E-state index contributed by atoms with van der Waals surface area (Å²) in [7, 11) is -2.19. The molecule has 9 heteroatoms. The van der Waals surface area contributed by atoms with E-state index in [1.165, 1.54) is 36.2 Å². The van der Waals surface area contributed by atoms with E-state index < -0.39 is 10.0 Å². The molecule has 0 aliphatic carbocycles. The van der Waals surface area contributed by atoms with Crippen LogP contribution in [0.25, 0.3) is 0 Å². The summed E-state index contributed by atoms with van der Waals surface area (Å²) >= 11 is 0. The molecule has 0 amide bonds. The van der Waals surface area contributed by atoms with E-state index in [1.807, 2.05) is 0 Å². The largest absolute Gasteiger partial charge is 0.496 e. The maximum absolute atomic E-state index is 12.1. The van der Waals surface area contributed by atoms with Crippen LogP contribution in [0, 0.1) is 0 Å². The third kappa shape index (κ3) is 3.78. The van der Waals surface area contributed by atoms with Crippen LogP contribution in [0.15, 0.2) is 35.5 Å². The normalized spacial score (nSPS) is 11.5. The van der Waals surface area contributed by atoms with Crippen molar-refractivity contribution in [2.24, 2.45) is 0 Å². The predicted octanol–water partition coefficient (Wildman–Crippen LogP) is -0.243. The van der Waals surface area contributed by atoms with Gasteiger partial charge in [-0.25, -0.2) is 13.1 Å². The van der Waals surface area contributed by atoms with Gasteiger partial charge >= 0.3 is 0 Å². The Bertz CT molecular complexity index is 685. The van der Waals surface area contributed by atoms with Gasteiger partial charge in [0.15, 0.2) is 0 Å². The number of ether oxygens (including phenoxy) is 1. The van der Waals surface area contributed by atoms with Crippen LogP contribution in [0.2, 0.25) is 0 Å². The van der Waals surface area contributed by atoms with E-state index in [-0.39, 0.29) is 18.0 Å². The first kappa shape index (κ1) is 15.4. The van der Waals surface area contributed by atoms with Crippen molar-refractivity contribution in [3.8, 4) is 5.75 Å². The van der Waals surface area contributed by atoms with Crippen LogP contribution >= 0.6 is 0 Å². The topological polar surface area (TPSA) is 106 Å². The Morgan fingerprint density at radius 3 is 2.86 bits per heavy atom. The molecule has 2 N–H and O–H groups in total. The van der Waals surface area contributed by atoms with Crippen LogP contribution in [0.5, 0.6) is 5.75 Å². The molecule has 0 unspecified atom stereocenters. The van der Waals surface area contributed by atoms with Gasteiger partial charge in [-0.1, -0.05) is 5.21 Å². The number of aromatic nitrogens is 3. The predicted molar refractivity (Wildman–Crippen MR) is 74.1 cm³/mol. The Morgan fingerprint density at radius 1 is 1.43 bits per heavy atom.